The molecular formula is C8H4I4N2. The molecule has 0 bridgehead atoms. The van der Waals surface area contributed by atoms with Crippen molar-refractivity contribution in [3.63, 3.8) is 0 Å². The van der Waals surface area contributed by atoms with E-state index in [9.17, 15) is 0 Å². The summed E-state index contributed by atoms with van der Waals surface area (Å²) in [5.74, 6) is 0. The minimum absolute atomic E-state index is 1.07. The predicted molar refractivity (Wildman–Crippen MR) is 92.0 cm³/mol. The second-order valence-electron chi connectivity index (χ2n) is 2.83. The van der Waals surface area contributed by atoms with Crippen LogP contribution in [0.25, 0.3) is 10.9 Å². The molecule has 2 rings (SSSR count). The number of aryl methyl sites for hydroxylation is 1. The van der Waals surface area contributed by atoms with Crippen LogP contribution in [-0.4, -0.2) is 7.76 Å². The van der Waals surface area contributed by atoms with Gasteiger partial charge in [0.1, 0.15) is 7.40 Å². The molecule has 2 aromatic heterocycles. The third-order valence-electron chi connectivity index (χ3n) is 1.87. The van der Waals surface area contributed by atoms with Crippen molar-refractivity contribution in [2.24, 2.45) is 0 Å². The van der Waals surface area contributed by atoms with Crippen molar-refractivity contribution in [2.45, 2.75) is 6.92 Å². The highest BCUT2D eigenvalue weighted by Gasteiger charge is 2.15. The van der Waals surface area contributed by atoms with E-state index in [1.807, 2.05) is 6.92 Å². The van der Waals surface area contributed by atoms with Crippen LogP contribution in [0, 0.1) is 17.9 Å². The minimum Gasteiger partial charge on any atom is -0.275 e. The van der Waals surface area contributed by atoms with Gasteiger partial charge in [-0.2, -0.15) is 0 Å². The van der Waals surface area contributed by atoms with Crippen LogP contribution in [0.15, 0.2) is 6.07 Å². The summed E-state index contributed by atoms with van der Waals surface area (Å²) in [6, 6.07) is 2.13. The lowest BCUT2D eigenvalue weighted by Gasteiger charge is -1.98. The van der Waals surface area contributed by atoms with Gasteiger partial charge in [-0.15, -0.1) is 0 Å². The number of rotatable bonds is 0. The molecule has 2 heterocycles. The van der Waals surface area contributed by atoms with E-state index in [1.165, 1.54) is 18.2 Å². The van der Waals surface area contributed by atoms with Gasteiger partial charge in [0.25, 0.3) is 0 Å². The molecule has 0 aliphatic heterocycles. The Balaban J connectivity index is 3.02. The first-order valence-corrected chi connectivity index (χ1v) is 7.91. The third kappa shape index (κ3) is 1.92. The molecule has 0 aromatic carbocycles. The highest BCUT2D eigenvalue weighted by Crippen LogP contribution is 2.33. The molecule has 0 spiro atoms. The van der Waals surface area contributed by atoms with Gasteiger partial charge in [0.05, 0.1) is 32.0 Å². The van der Waals surface area contributed by atoms with Crippen molar-refractivity contribution in [3.05, 3.63) is 22.7 Å². The van der Waals surface area contributed by atoms with Gasteiger partial charge in [-0.3, -0.25) is 2.78 Å². The lowest BCUT2D eigenvalue weighted by molar-refractivity contribution is 1.18. The van der Waals surface area contributed by atoms with Gasteiger partial charge < -0.3 is 0 Å². The van der Waals surface area contributed by atoms with Crippen LogP contribution < -0.4 is 0 Å². The van der Waals surface area contributed by atoms with Gasteiger partial charge in [-0.1, -0.05) is 0 Å². The Morgan fingerprint density at radius 1 is 1.29 bits per heavy atom. The second-order valence-corrected chi connectivity index (χ2v) is 6.92. The van der Waals surface area contributed by atoms with Crippen molar-refractivity contribution >= 4 is 102 Å². The van der Waals surface area contributed by atoms with Crippen molar-refractivity contribution < 1.29 is 0 Å². The second kappa shape index (κ2) is 4.47. The van der Waals surface area contributed by atoms with Crippen LogP contribution in [0.4, 0.5) is 0 Å². The zero-order valence-electron chi connectivity index (χ0n) is 6.98. The zero-order valence-corrected chi connectivity index (χ0v) is 15.6. The highest BCUT2D eigenvalue weighted by atomic mass is 127. The smallest absolute Gasteiger partial charge is 0.112 e. The molecule has 0 radical (unpaired) electrons. The standard InChI is InChI=1S/C8H4I4N2/c1-3-2-4-5(7(10)13-3)6(9)8(11)14(4)12/h2H,1H3. The number of halogens is 4. The molecule has 2 aromatic rings. The highest BCUT2D eigenvalue weighted by molar-refractivity contribution is 14.1. The zero-order chi connectivity index (χ0) is 10.5. The van der Waals surface area contributed by atoms with E-state index in [0.717, 1.165) is 9.39 Å². The van der Waals surface area contributed by atoms with E-state index in [2.05, 4.69) is 104 Å². The van der Waals surface area contributed by atoms with Gasteiger partial charge in [0.2, 0.25) is 0 Å². The SMILES string of the molecule is Cc1cc2c(c(I)n1)c(I)c(I)n2I. The normalized spacial score (nSPS) is 11.2. The largest absolute Gasteiger partial charge is 0.275 e. The Morgan fingerprint density at radius 2 is 1.93 bits per heavy atom. The summed E-state index contributed by atoms with van der Waals surface area (Å²) in [6.07, 6.45) is 0. The van der Waals surface area contributed by atoms with Gasteiger partial charge in [0, 0.05) is 11.1 Å². The Bertz CT molecular complexity index is 518. The first-order chi connectivity index (χ1) is 6.52. The van der Waals surface area contributed by atoms with E-state index < -0.39 is 0 Å². The van der Waals surface area contributed by atoms with Crippen molar-refractivity contribution in [1.82, 2.24) is 7.76 Å². The monoisotopic (exact) mass is 636 g/mol. The summed E-state index contributed by atoms with van der Waals surface area (Å²) in [6.45, 7) is 2.03. The van der Waals surface area contributed by atoms with E-state index in [1.54, 1.807) is 0 Å². The van der Waals surface area contributed by atoms with Gasteiger partial charge in [-0.05, 0) is 80.8 Å². The fourth-order valence-corrected chi connectivity index (χ4v) is 5.10. The van der Waals surface area contributed by atoms with Crippen molar-refractivity contribution in [1.29, 1.82) is 0 Å². The summed E-state index contributed by atoms with van der Waals surface area (Å²) in [5.41, 5.74) is 2.33. The average Bonchev–Trinajstić information content (AvgIpc) is 2.31. The Morgan fingerprint density at radius 3 is 2.57 bits per heavy atom. The predicted octanol–water partition coefficient (Wildman–Crippen LogP) is 4.36. The van der Waals surface area contributed by atoms with Crippen molar-refractivity contribution in [2.75, 3.05) is 0 Å². The molecule has 0 N–H and O–H groups in total. The summed E-state index contributed by atoms with van der Waals surface area (Å²) in [4.78, 5) is 4.48. The number of hydrogen-bond acceptors (Lipinski definition) is 1. The van der Waals surface area contributed by atoms with Crippen LogP contribution in [0.3, 0.4) is 0 Å². The molecular weight excluding hydrogens is 632 g/mol. The fourth-order valence-electron chi connectivity index (χ4n) is 1.27. The van der Waals surface area contributed by atoms with Crippen molar-refractivity contribution in [3.8, 4) is 0 Å². The quantitative estimate of drug-likeness (QED) is 0.311. The number of pyridine rings is 1. The maximum absolute atomic E-state index is 4.48. The first-order valence-electron chi connectivity index (χ1n) is 3.71. The molecule has 0 amide bonds. The maximum Gasteiger partial charge on any atom is 0.112 e. The van der Waals surface area contributed by atoms with Crippen LogP contribution in [0.5, 0.6) is 0 Å². The number of fused-ring (bicyclic) bond motifs is 1. The summed E-state index contributed by atoms with van der Waals surface area (Å²) < 4.78 is 5.84. The van der Waals surface area contributed by atoms with Gasteiger partial charge in [0.15, 0.2) is 0 Å². The number of aromatic nitrogens is 2. The molecule has 0 atom stereocenters. The Hall–Kier alpha value is 1.61. The molecule has 0 unspecified atom stereocenters. The van der Waals surface area contributed by atoms with Crippen LogP contribution in [-0.2, 0) is 0 Å². The van der Waals surface area contributed by atoms with Crippen LogP contribution >= 0.6 is 90.6 Å². The molecule has 74 valence electrons. The molecule has 0 fully saturated rings. The van der Waals surface area contributed by atoms with E-state index in [0.29, 0.717) is 0 Å². The third-order valence-corrected chi connectivity index (χ3v) is 7.68. The molecule has 0 saturated carbocycles. The summed E-state index contributed by atoms with van der Waals surface area (Å²) in [5, 5.41) is 1.27. The topological polar surface area (TPSA) is 17.8 Å². The summed E-state index contributed by atoms with van der Waals surface area (Å²) in [7, 11) is 0. The molecule has 14 heavy (non-hydrogen) atoms. The lowest BCUT2D eigenvalue weighted by atomic mass is 10.3. The number of nitrogens with zero attached hydrogens (tertiary/aromatic N) is 2. The van der Waals surface area contributed by atoms with Crippen LogP contribution in [0.1, 0.15) is 5.69 Å². The number of hydrogen-bond donors (Lipinski definition) is 0. The molecule has 0 aliphatic carbocycles. The fraction of sp³-hybridized carbons (Fsp3) is 0.125. The van der Waals surface area contributed by atoms with E-state index >= 15 is 0 Å². The van der Waals surface area contributed by atoms with E-state index in [-0.39, 0.29) is 0 Å². The molecule has 6 heteroatoms. The molecule has 0 saturated heterocycles. The maximum atomic E-state index is 4.48. The molecule has 0 aliphatic rings. The Kier molecular flexibility index (Phi) is 3.85. The first kappa shape index (κ1) is 12.1. The van der Waals surface area contributed by atoms with Gasteiger partial charge >= 0.3 is 0 Å². The Labute approximate surface area is 137 Å². The minimum atomic E-state index is 1.07. The molecule has 2 nitrogen and oxygen atoms in total. The average molecular weight is 636 g/mol. The summed E-state index contributed by atoms with van der Waals surface area (Å²) >= 11 is 9.38. The lowest BCUT2D eigenvalue weighted by Crippen LogP contribution is -1.87. The van der Waals surface area contributed by atoms with Crippen LogP contribution in [0.2, 0.25) is 0 Å². The van der Waals surface area contributed by atoms with Gasteiger partial charge in [-0.25, -0.2) is 4.98 Å². The van der Waals surface area contributed by atoms with E-state index in [4.69, 9.17) is 0 Å².